The van der Waals surface area contributed by atoms with Gasteiger partial charge in [-0.2, -0.15) is 0 Å². The molecule has 4 rings (SSSR count). The molecule has 5 nitrogen and oxygen atoms in total. The lowest BCUT2D eigenvalue weighted by Crippen LogP contribution is -2.28. The van der Waals surface area contributed by atoms with Crippen LogP contribution in [0.2, 0.25) is 0 Å². The highest BCUT2D eigenvalue weighted by molar-refractivity contribution is 8.93. The van der Waals surface area contributed by atoms with E-state index in [1.165, 1.54) is 5.56 Å². The van der Waals surface area contributed by atoms with Gasteiger partial charge in [-0.1, -0.05) is 55.9 Å². The highest BCUT2D eigenvalue weighted by Gasteiger charge is 2.34. The van der Waals surface area contributed by atoms with E-state index in [2.05, 4.69) is 41.3 Å². The summed E-state index contributed by atoms with van der Waals surface area (Å²) in [4.78, 5) is 14.8. The van der Waals surface area contributed by atoms with Crippen molar-refractivity contribution in [2.75, 3.05) is 5.32 Å². The van der Waals surface area contributed by atoms with Gasteiger partial charge in [-0.3, -0.25) is 0 Å². The second-order valence-corrected chi connectivity index (χ2v) is 8.25. The summed E-state index contributed by atoms with van der Waals surface area (Å²) in [6.07, 6.45) is 3.40. The molecule has 0 bridgehead atoms. The van der Waals surface area contributed by atoms with Gasteiger partial charge in [0.05, 0.1) is 10.6 Å². The Morgan fingerprint density at radius 3 is 2.69 bits per heavy atom. The first-order valence-electron chi connectivity index (χ1n) is 8.39. The number of rotatable bonds is 3. The van der Waals surface area contributed by atoms with E-state index in [4.69, 9.17) is 10.7 Å². The van der Waals surface area contributed by atoms with Crippen LogP contribution < -0.4 is 11.1 Å². The standard InChI is InChI=1S/C19H21N5S.BrH/c1-19(2)8-13(20)16-14(9-19)24-15-17(22-11-23-18(15)25-16)21-10-12-6-4-3-5-7-12;/h3-7,11H,8-10,20H2,1-2H3,(H,21,22,23);1H. The Bertz CT molecular complexity index is 877. The Labute approximate surface area is 168 Å². The van der Waals surface area contributed by atoms with Crippen molar-refractivity contribution in [2.24, 2.45) is 16.1 Å². The lowest BCUT2D eigenvalue weighted by molar-refractivity contribution is 0.371. The number of fused-ring (bicyclic) bond motifs is 2. The van der Waals surface area contributed by atoms with E-state index in [0.29, 0.717) is 6.54 Å². The maximum absolute atomic E-state index is 6.31. The summed E-state index contributed by atoms with van der Waals surface area (Å²) in [5.74, 6) is 0.773. The Hall–Kier alpha value is -1.86. The molecule has 0 amide bonds. The van der Waals surface area contributed by atoms with Crippen LogP contribution in [0.3, 0.4) is 0 Å². The molecule has 0 saturated carbocycles. The number of benzene rings is 1. The van der Waals surface area contributed by atoms with Crippen LogP contribution in [0.4, 0.5) is 11.5 Å². The van der Waals surface area contributed by atoms with Crippen LogP contribution in [0.1, 0.15) is 32.3 Å². The van der Waals surface area contributed by atoms with Crippen molar-refractivity contribution in [1.29, 1.82) is 0 Å². The molecule has 0 spiro atoms. The van der Waals surface area contributed by atoms with E-state index in [0.717, 1.165) is 45.7 Å². The third-order valence-corrected chi connectivity index (χ3v) is 5.60. The largest absolute Gasteiger partial charge is 0.401 e. The average Bonchev–Trinajstić information content (AvgIpc) is 2.58. The molecule has 1 aliphatic heterocycles. The number of hydrogen-bond donors (Lipinski definition) is 2. The van der Waals surface area contributed by atoms with Crippen LogP contribution in [-0.4, -0.2) is 15.7 Å². The molecule has 7 heteroatoms. The molecule has 0 saturated heterocycles. The number of aromatic nitrogens is 2. The van der Waals surface area contributed by atoms with Gasteiger partial charge < -0.3 is 11.1 Å². The van der Waals surface area contributed by atoms with E-state index in [9.17, 15) is 0 Å². The fourth-order valence-electron chi connectivity index (χ4n) is 3.27. The predicted octanol–water partition coefficient (Wildman–Crippen LogP) is 4.84. The number of aliphatic imine (C=N–C) groups is 1. The summed E-state index contributed by atoms with van der Waals surface area (Å²) in [5.41, 5.74) is 10.5. The Balaban J connectivity index is 0.00000196. The molecule has 0 fully saturated rings. The molecule has 1 aromatic carbocycles. The third kappa shape index (κ3) is 3.78. The van der Waals surface area contributed by atoms with Gasteiger partial charge in [0.25, 0.3) is 0 Å². The zero-order valence-electron chi connectivity index (χ0n) is 14.8. The molecule has 0 unspecified atom stereocenters. The fourth-order valence-corrected chi connectivity index (χ4v) is 4.24. The predicted molar refractivity (Wildman–Crippen MR) is 113 cm³/mol. The number of hydrogen-bond acceptors (Lipinski definition) is 6. The molecule has 2 aliphatic rings. The molecule has 2 aromatic rings. The Morgan fingerprint density at radius 2 is 1.92 bits per heavy atom. The number of nitrogens with zero attached hydrogens (tertiary/aromatic N) is 3. The molecule has 0 radical (unpaired) electrons. The topological polar surface area (TPSA) is 76.2 Å². The smallest absolute Gasteiger partial charge is 0.156 e. The molecule has 26 heavy (non-hydrogen) atoms. The molecule has 2 heterocycles. The number of allylic oxidation sites excluding steroid dienone is 2. The highest BCUT2D eigenvalue weighted by atomic mass is 79.9. The molecule has 1 aliphatic carbocycles. The van der Waals surface area contributed by atoms with E-state index in [-0.39, 0.29) is 22.4 Å². The summed E-state index contributed by atoms with van der Waals surface area (Å²) in [6, 6.07) is 10.3. The third-order valence-electron chi connectivity index (χ3n) is 4.41. The van der Waals surface area contributed by atoms with E-state index in [1.807, 2.05) is 18.2 Å². The summed E-state index contributed by atoms with van der Waals surface area (Å²) in [5, 5.41) is 4.27. The first-order chi connectivity index (χ1) is 12.0. The molecule has 136 valence electrons. The first-order valence-corrected chi connectivity index (χ1v) is 9.21. The average molecular weight is 432 g/mol. The molecular weight excluding hydrogens is 410 g/mol. The lowest BCUT2D eigenvalue weighted by Gasteiger charge is -2.34. The van der Waals surface area contributed by atoms with Gasteiger partial charge in [-0.15, -0.1) is 17.0 Å². The van der Waals surface area contributed by atoms with E-state index >= 15 is 0 Å². The number of halogens is 1. The first kappa shape index (κ1) is 18.9. The van der Waals surface area contributed by atoms with Crippen LogP contribution in [-0.2, 0) is 6.54 Å². The zero-order valence-corrected chi connectivity index (χ0v) is 17.4. The van der Waals surface area contributed by atoms with Gasteiger partial charge in [0.15, 0.2) is 5.82 Å². The van der Waals surface area contributed by atoms with Crippen LogP contribution in [0, 0.1) is 5.41 Å². The van der Waals surface area contributed by atoms with Gasteiger partial charge >= 0.3 is 0 Å². The Morgan fingerprint density at radius 1 is 1.15 bits per heavy atom. The normalized spacial score (nSPS) is 17.5. The van der Waals surface area contributed by atoms with Gasteiger partial charge in [-0.25, -0.2) is 15.0 Å². The van der Waals surface area contributed by atoms with Crippen LogP contribution in [0.15, 0.2) is 57.3 Å². The number of nitrogens with one attached hydrogen (secondary N) is 1. The molecule has 1 aromatic heterocycles. The summed E-state index contributed by atoms with van der Waals surface area (Å²) in [7, 11) is 0. The highest BCUT2D eigenvalue weighted by Crippen LogP contribution is 2.48. The number of anilines is 1. The summed E-state index contributed by atoms with van der Waals surface area (Å²) >= 11 is 1.62. The minimum atomic E-state index is 0. The van der Waals surface area contributed by atoms with Crippen molar-refractivity contribution in [3.63, 3.8) is 0 Å². The second kappa shape index (κ2) is 7.40. The number of thioether (sulfide) groups is 1. The van der Waals surface area contributed by atoms with Gasteiger partial charge in [0, 0.05) is 12.2 Å². The zero-order chi connectivity index (χ0) is 17.4. The molecule has 0 atom stereocenters. The quantitative estimate of drug-likeness (QED) is 0.680. The van der Waals surface area contributed by atoms with Crippen LogP contribution in [0.25, 0.3) is 0 Å². The van der Waals surface area contributed by atoms with E-state index < -0.39 is 0 Å². The minimum Gasteiger partial charge on any atom is -0.401 e. The molecule has 3 N–H and O–H groups in total. The van der Waals surface area contributed by atoms with Crippen LogP contribution in [0.5, 0.6) is 0 Å². The van der Waals surface area contributed by atoms with Gasteiger partial charge in [0.1, 0.15) is 17.0 Å². The minimum absolute atomic E-state index is 0. The molecular formula is C19H22BrN5S. The lowest BCUT2D eigenvalue weighted by atomic mass is 9.78. The van der Waals surface area contributed by atoms with Crippen molar-refractivity contribution in [3.05, 3.63) is 52.8 Å². The van der Waals surface area contributed by atoms with Crippen molar-refractivity contribution in [1.82, 2.24) is 9.97 Å². The SMILES string of the molecule is Br.CC1(C)CC2=Nc3c(NCc4ccccc4)ncnc3SC2=C(N)C1. The van der Waals surface area contributed by atoms with Crippen LogP contribution >= 0.6 is 28.7 Å². The van der Waals surface area contributed by atoms with Crippen molar-refractivity contribution in [2.45, 2.75) is 38.3 Å². The van der Waals surface area contributed by atoms with Crippen molar-refractivity contribution >= 4 is 46.0 Å². The Kier molecular flexibility index (Phi) is 5.39. The van der Waals surface area contributed by atoms with Crippen molar-refractivity contribution < 1.29 is 0 Å². The van der Waals surface area contributed by atoms with Crippen molar-refractivity contribution in [3.8, 4) is 0 Å². The summed E-state index contributed by atoms with van der Waals surface area (Å²) < 4.78 is 0. The maximum atomic E-state index is 6.31. The number of nitrogens with two attached hydrogens (primary N) is 1. The van der Waals surface area contributed by atoms with E-state index in [1.54, 1.807) is 18.1 Å². The van der Waals surface area contributed by atoms with Gasteiger partial charge in [0.2, 0.25) is 0 Å². The monoisotopic (exact) mass is 431 g/mol. The van der Waals surface area contributed by atoms with Gasteiger partial charge in [-0.05, 0) is 23.8 Å². The maximum Gasteiger partial charge on any atom is 0.156 e. The summed E-state index contributed by atoms with van der Waals surface area (Å²) in [6.45, 7) is 5.17. The fraction of sp³-hybridized carbons (Fsp3) is 0.316. The second-order valence-electron chi connectivity index (χ2n) is 7.25.